The molecule has 1 fully saturated rings. The van der Waals surface area contributed by atoms with E-state index in [1.165, 1.54) is 64.3 Å². The maximum absolute atomic E-state index is 13.0. The third kappa shape index (κ3) is 4.28. The van der Waals surface area contributed by atoms with Gasteiger partial charge in [-0.3, -0.25) is 14.3 Å². The minimum atomic E-state index is -4.22. The fourth-order valence-electron chi connectivity index (χ4n) is 3.25. The van der Waals surface area contributed by atoms with Crippen molar-refractivity contribution in [3.05, 3.63) is 48.0 Å². The number of nitrogens with zero attached hydrogens (tertiary/aromatic N) is 1. The average molecular weight is 467 g/mol. The summed E-state index contributed by atoms with van der Waals surface area (Å²) in [5, 5.41) is 0. The van der Waals surface area contributed by atoms with Crippen molar-refractivity contribution < 1.29 is 31.2 Å². The third-order valence-corrected chi connectivity index (χ3v) is 8.22. The number of hydrogen-bond donors (Lipinski definition) is 1. The Hall–Kier alpha value is -2.92. The second kappa shape index (κ2) is 7.65. The normalized spacial score (nSPS) is 17.4. The summed E-state index contributed by atoms with van der Waals surface area (Å²) in [6.45, 7) is 4.42. The summed E-state index contributed by atoms with van der Waals surface area (Å²) in [5.41, 5.74) is -0.607. The van der Waals surface area contributed by atoms with Crippen LogP contribution in [0.1, 0.15) is 31.1 Å². The molecule has 9 nitrogen and oxygen atoms in total. The predicted molar refractivity (Wildman–Crippen MR) is 115 cm³/mol. The molecule has 2 aromatic rings. The number of amides is 1. The summed E-state index contributed by atoms with van der Waals surface area (Å²) in [6.07, 6.45) is 0. The number of carbonyl (C=O) groups excluding carboxylic acids is 2. The predicted octanol–water partition coefficient (Wildman–Crippen LogP) is 2.40. The van der Waals surface area contributed by atoms with Gasteiger partial charge in [-0.1, -0.05) is 0 Å². The van der Waals surface area contributed by atoms with E-state index in [-0.39, 0.29) is 33.6 Å². The van der Waals surface area contributed by atoms with Gasteiger partial charge in [0.25, 0.3) is 10.0 Å². The van der Waals surface area contributed by atoms with Gasteiger partial charge in [-0.05, 0) is 63.2 Å². The fourth-order valence-corrected chi connectivity index (χ4v) is 6.59. The van der Waals surface area contributed by atoms with Crippen LogP contribution in [0.5, 0.6) is 5.75 Å². The van der Waals surface area contributed by atoms with E-state index in [0.717, 1.165) is 6.07 Å². The van der Waals surface area contributed by atoms with Crippen LogP contribution in [0.15, 0.2) is 47.4 Å². The van der Waals surface area contributed by atoms with E-state index in [0.29, 0.717) is 9.87 Å². The van der Waals surface area contributed by atoms with Gasteiger partial charge in [0, 0.05) is 11.3 Å². The zero-order chi connectivity index (χ0) is 23.2. The summed E-state index contributed by atoms with van der Waals surface area (Å²) in [7, 11) is -6.90. The van der Waals surface area contributed by atoms with E-state index in [2.05, 4.69) is 4.72 Å². The Kier molecular flexibility index (Phi) is 5.61. The topological polar surface area (TPSA) is 127 Å². The molecule has 31 heavy (non-hydrogen) atoms. The quantitative estimate of drug-likeness (QED) is 0.648. The molecule has 0 bridgehead atoms. The van der Waals surface area contributed by atoms with Crippen molar-refractivity contribution in [1.29, 1.82) is 0 Å². The molecule has 0 radical (unpaired) electrons. The maximum atomic E-state index is 13.0. The average Bonchev–Trinajstić information content (AvgIpc) is 2.83. The number of sulfonamides is 2. The highest BCUT2D eigenvalue weighted by Gasteiger charge is 2.50. The zero-order valence-corrected chi connectivity index (χ0v) is 19.0. The number of ether oxygens (including phenoxy) is 1. The lowest BCUT2D eigenvalue weighted by atomic mass is 9.95. The Morgan fingerprint density at radius 2 is 1.74 bits per heavy atom. The van der Waals surface area contributed by atoms with Crippen LogP contribution < -0.4 is 13.8 Å². The number of benzene rings is 2. The van der Waals surface area contributed by atoms with E-state index in [1.807, 2.05) is 0 Å². The van der Waals surface area contributed by atoms with Gasteiger partial charge in [-0.15, -0.1) is 0 Å². The summed E-state index contributed by atoms with van der Waals surface area (Å²) < 4.78 is 59.3. The number of anilines is 2. The number of carbonyl (C=O) groups is 2. The molecule has 0 aliphatic carbocycles. The van der Waals surface area contributed by atoms with Crippen molar-refractivity contribution in [1.82, 2.24) is 0 Å². The first-order valence-corrected chi connectivity index (χ1v) is 12.3. The molecule has 0 spiro atoms. The molecular formula is C20H22N2O7S2. The van der Waals surface area contributed by atoms with Gasteiger partial charge in [-0.2, -0.15) is 0 Å². The molecule has 11 heteroatoms. The zero-order valence-electron chi connectivity index (χ0n) is 17.4. The number of hydrogen-bond acceptors (Lipinski definition) is 7. The Morgan fingerprint density at radius 3 is 2.23 bits per heavy atom. The van der Waals surface area contributed by atoms with Crippen molar-refractivity contribution in [2.24, 2.45) is 5.41 Å². The van der Waals surface area contributed by atoms with Crippen molar-refractivity contribution in [2.75, 3.05) is 21.9 Å². The van der Waals surface area contributed by atoms with E-state index in [9.17, 15) is 26.4 Å². The molecule has 0 saturated carbocycles. The minimum absolute atomic E-state index is 0.0279. The Morgan fingerprint density at radius 1 is 1.13 bits per heavy atom. The van der Waals surface area contributed by atoms with Crippen LogP contribution in [-0.2, 0) is 24.8 Å². The molecule has 0 unspecified atom stereocenters. The smallest absolute Gasteiger partial charge is 0.265 e. The molecule has 1 amide bonds. The first-order chi connectivity index (χ1) is 14.3. The largest absolute Gasteiger partial charge is 0.495 e. The number of nitrogens with one attached hydrogen (secondary N) is 1. The first kappa shape index (κ1) is 22.8. The van der Waals surface area contributed by atoms with Gasteiger partial charge in [0.2, 0.25) is 15.9 Å². The van der Waals surface area contributed by atoms with Gasteiger partial charge < -0.3 is 4.74 Å². The monoisotopic (exact) mass is 466 g/mol. The molecule has 1 saturated heterocycles. The maximum Gasteiger partial charge on any atom is 0.265 e. The lowest BCUT2D eigenvalue weighted by molar-refractivity contribution is -0.123. The van der Waals surface area contributed by atoms with E-state index >= 15 is 0 Å². The highest BCUT2D eigenvalue weighted by atomic mass is 32.2. The van der Waals surface area contributed by atoms with Gasteiger partial charge in [-0.25, -0.2) is 21.1 Å². The fraction of sp³-hybridized carbons (Fsp3) is 0.300. The van der Waals surface area contributed by atoms with Crippen LogP contribution in [-0.4, -0.2) is 41.4 Å². The number of methoxy groups -OCH3 is 1. The molecule has 1 aliphatic rings. The first-order valence-electron chi connectivity index (χ1n) is 9.18. The van der Waals surface area contributed by atoms with Crippen LogP contribution in [0, 0.1) is 5.41 Å². The minimum Gasteiger partial charge on any atom is -0.495 e. The van der Waals surface area contributed by atoms with Crippen molar-refractivity contribution in [2.45, 2.75) is 25.7 Å². The molecule has 3 rings (SSSR count). The van der Waals surface area contributed by atoms with Crippen LogP contribution >= 0.6 is 0 Å². The summed E-state index contributed by atoms with van der Waals surface area (Å²) in [5.74, 6) is -1.22. The van der Waals surface area contributed by atoms with Crippen LogP contribution in [0.4, 0.5) is 11.4 Å². The molecule has 1 N–H and O–H groups in total. The molecule has 1 aliphatic heterocycles. The Labute approximate surface area is 181 Å². The van der Waals surface area contributed by atoms with Gasteiger partial charge in [0.1, 0.15) is 10.6 Å². The molecule has 1 heterocycles. The lowest BCUT2D eigenvalue weighted by Gasteiger charge is -2.19. The molecular weight excluding hydrogens is 444 g/mol. The second-order valence-electron chi connectivity index (χ2n) is 7.78. The summed E-state index contributed by atoms with van der Waals surface area (Å²) in [4.78, 5) is 23.7. The van der Waals surface area contributed by atoms with Crippen LogP contribution in [0.3, 0.4) is 0 Å². The summed E-state index contributed by atoms with van der Waals surface area (Å²) in [6, 6.07) is 9.51. The summed E-state index contributed by atoms with van der Waals surface area (Å²) >= 11 is 0. The van der Waals surface area contributed by atoms with Gasteiger partial charge in [0.15, 0.2) is 5.78 Å². The number of ketones is 1. The third-order valence-electron chi connectivity index (χ3n) is 4.80. The van der Waals surface area contributed by atoms with Crippen molar-refractivity contribution >= 4 is 43.1 Å². The van der Waals surface area contributed by atoms with Crippen LogP contribution in [0.25, 0.3) is 0 Å². The van der Waals surface area contributed by atoms with Gasteiger partial charge in [0.05, 0.1) is 24.0 Å². The Bertz CT molecular complexity index is 1270. The number of Topliss-reactive ketones (excluding diaryl/α,β-unsaturated/α-hetero) is 1. The molecule has 0 atom stereocenters. The Balaban J connectivity index is 2.04. The van der Waals surface area contributed by atoms with Crippen molar-refractivity contribution in [3.8, 4) is 5.75 Å². The van der Waals surface area contributed by atoms with E-state index < -0.39 is 31.4 Å². The standard InChI is InChI=1S/C20H22N2O7S2/c1-13(23)14-5-7-15(8-6-14)21-31(27,28)18-11-16(9-10-17(18)29-4)22-19(24)20(2,3)12-30(22,25)26/h5-11,21H,12H2,1-4H3. The van der Waals surface area contributed by atoms with E-state index in [4.69, 9.17) is 4.74 Å². The second-order valence-corrected chi connectivity index (χ2v) is 11.3. The highest BCUT2D eigenvalue weighted by molar-refractivity contribution is 7.94. The lowest BCUT2D eigenvalue weighted by Crippen LogP contribution is -2.33. The number of rotatable bonds is 6. The van der Waals surface area contributed by atoms with Crippen molar-refractivity contribution in [3.63, 3.8) is 0 Å². The molecule has 0 aromatic heterocycles. The SMILES string of the molecule is COc1ccc(N2C(=O)C(C)(C)CS2(=O)=O)cc1S(=O)(=O)Nc1ccc(C(C)=O)cc1. The molecule has 2 aromatic carbocycles. The van der Waals surface area contributed by atoms with E-state index in [1.54, 1.807) is 0 Å². The van der Waals surface area contributed by atoms with Crippen LogP contribution in [0.2, 0.25) is 0 Å². The van der Waals surface area contributed by atoms with Gasteiger partial charge >= 0.3 is 0 Å². The highest BCUT2D eigenvalue weighted by Crippen LogP contribution is 2.38. The molecule has 166 valence electrons.